The van der Waals surface area contributed by atoms with Gasteiger partial charge in [-0.3, -0.25) is 4.79 Å². The first kappa shape index (κ1) is 21.4. The van der Waals surface area contributed by atoms with Gasteiger partial charge < -0.3 is 19.5 Å². The van der Waals surface area contributed by atoms with E-state index in [0.29, 0.717) is 28.9 Å². The van der Waals surface area contributed by atoms with Crippen molar-refractivity contribution in [3.05, 3.63) is 62.2 Å². The Morgan fingerprint density at radius 2 is 1.97 bits per heavy atom. The van der Waals surface area contributed by atoms with Crippen molar-refractivity contribution in [2.24, 2.45) is 5.41 Å². The minimum absolute atomic E-state index is 0.0640. The molecule has 2 aromatic heterocycles. The van der Waals surface area contributed by atoms with Gasteiger partial charge in [-0.25, -0.2) is 14.2 Å². The number of nitrogens with zero attached hydrogens (tertiary/aromatic N) is 2. The van der Waals surface area contributed by atoms with E-state index in [9.17, 15) is 24.2 Å². The first-order chi connectivity index (χ1) is 16.2. The Kier molecular flexibility index (Phi) is 4.39. The molecule has 34 heavy (non-hydrogen) atoms. The number of esters is 1. The monoisotopic (exact) mass is 464 g/mol. The van der Waals surface area contributed by atoms with Gasteiger partial charge in [0.15, 0.2) is 5.60 Å². The number of benzene rings is 1. The fourth-order valence-corrected chi connectivity index (χ4v) is 5.44. The van der Waals surface area contributed by atoms with E-state index in [1.165, 1.54) is 6.07 Å². The van der Waals surface area contributed by atoms with Crippen LogP contribution in [0.3, 0.4) is 0 Å². The predicted octanol–water partition coefficient (Wildman–Crippen LogP) is 2.84. The molecule has 4 heterocycles. The van der Waals surface area contributed by atoms with Crippen LogP contribution < -0.4 is 5.56 Å². The van der Waals surface area contributed by atoms with E-state index in [0.717, 1.165) is 29.4 Å². The van der Waals surface area contributed by atoms with Crippen LogP contribution in [0.15, 0.2) is 23.0 Å². The van der Waals surface area contributed by atoms with Crippen LogP contribution in [0.2, 0.25) is 0 Å². The lowest BCUT2D eigenvalue weighted by Gasteiger charge is -2.31. The van der Waals surface area contributed by atoms with Crippen LogP contribution in [0, 0.1) is 18.2 Å². The van der Waals surface area contributed by atoms with Gasteiger partial charge in [0.05, 0.1) is 29.0 Å². The first-order valence-electron chi connectivity index (χ1n) is 11.6. The molecule has 8 heteroatoms. The van der Waals surface area contributed by atoms with Gasteiger partial charge in [0.1, 0.15) is 12.4 Å². The van der Waals surface area contributed by atoms with Gasteiger partial charge in [0.25, 0.3) is 5.56 Å². The summed E-state index contributed by atoms with van der Waals surface area (Å²) in [6, 6.07) is 4.87. The number of aliphatic hydroxyl groups is 2. The van der Waals surface area contributed by atoms with E-state index in [2.05, 4.69) is 0 Å². The third-order valence-corrected chi connectivity index (χ3v) is 7.93. The number of aliphatic hydroxyl groups excluding tert-OH is 1. The number of cyclic esters (lactones) is 1. The SMILES string of the molecule is CC[C@@]1(O)C(=O)OCc2c1cc1n(c2=O)Cc2c-1nc1cc(F)c(C)cc1c2CC1(CO)CC1. The number of fused-ring (bicyclic) bond motifs is 5. The Morgan fingerprint density at radius 1 is 1.21 bits per heavy atom. The maximum atomic E-state index is 14.5. The van der Waals surface area contributed by atoms with Crippen LogP contribution >= 0.6 is 0 Å². The van der Waals surface area contributed by atoms with Crippen LogP contribution in [-0.4, -0.2) is 32.3 Å². The number of rotatable bonds is 4. The Balaban J connectivity index is 1.64. The van der Waals surface area contributed by atoms with Crippen LogP contribution in [0.1, 0.15) is 54.0 Å². The molecule has 0 spiro atoms. The fourth-order valence-electron chi connectivity index (χ4n) is 5.44. The Morgan fingerprint density at radius 3 is 2.65 bits per heavy atom. The van der Waals surface area contributed by atoms with Crippen molar-refractivity contribution in [3.8, 4) is 11.4 Å². The van der Waals surface area contributed by atoms with Crippen molar-refractivity contribution < 1.29 is 24.1 Å². The lowest BCUT2D eigenvalue weighted by molar-refractivity contribution is -0.172. The molecule has 1 atom stereocenters. The zero-order chi connectivity index (χ0) is 24.0. The number of pyridine rings is 2. The van der Waals surface area contributed by atoms with Crippen LogP contribution in [0.4, 0.5) is 4.39 Å². The Bertz CT molecular complexity index is 1470. The molecule has 1 saturated carbocycles. The molecule has 0 unspecified atom stereocenters. The van der Waals surface area contributed by atoms with Gasteiger partial charge in [0, 0.05) is 29.2 Å². The van der Waals surface area contributed by atoms with Crippen molar-refractivity contribution in [1.29, 1.82) is 0 Å². The number of aryl methyl sites for hydroxylation is 1. The van der Waals surface area contributed by atoms with Crippen LogP contribution in [0.25, 0.3) is 22.3 Å². The average Bonchev–Trinajstić information content (AvgIpc) is 3.51. The maximum absolute atomic E-state index is 14.5. The normalized spacial score (nSPS) is 21.7. The largest absolute Gasteiger partial charge is 0.458 e. The highest BCUT2D eigenvalue weighted by molar-refractivity contribution is 5.89. The van der Waals surface area contributed by atoms with E-state index in [1.807, 2.05) is 0 Å². The smallest absolute Gasteiger partial charge is 0.343 e. The Hall–Kier alpha value is -3.10. The first-order valence-corrected chi connectivity index (χ1v) is 11.6. The molecule has 2 aliphatic heterocycles. The molecule has 6 rings (SSSR count). The number of ether oxygens (including phenoxy) is 1. The molecule has 0 saturated heterocycles. The molecule has 1 aliphatic carbocycles. The second kappa shape index (κ2) is 6.96. The number of carbonyl (C=O) groups is 1. The molecule has 3 aliphatic rings. The second-order valence-corrected chi connectivity index (χ2v) is 9.97. The summed E-state index contributed by atoms with van der Waals surface area (Å²) >= 11 is 0. The number of aromatic nitrogens is 2. The van der Waals surface area contributed by atoms with Crippen molar-refractivity contribution in [2.75, 3.05) is 6.61 Å². The van der Waals surface area contributed by atoms with Gasteiger partial charge in [-0.1, -0.05) is 6.92 Å². The lowest BCUT2D eigenvalue weighted by atomic mass is 9.86. The summed E-state index contributed by atoms with van der Waals surface area (Å²) in [5, 5.41) is 21.9. The van der Waals surface area contributed by atoms with E-state index in [4.69, 9.17) is 9.72 Å². The van der Waals surface area contributed by atoms with Gasteiger partial charge >= 0.3 is 5.97 Å². The minimum atomic E-state index is -1.90. The quantitative estimate of drug-likeness (QED) is 0.451. The molecular weight excluding hydrogens is 439 g/mol. The molecule has 7 nitrogen and oxygen atoms in total. The summed E-state index contributed by atoms with van der Waals surface area (Å²) in [6.07, 6.45) is 2.49. The molecule has 3 aromatic rings. The number of carbonyl (C=O) groups excluding carboxylic acids is 1. The average molecular weight is 464 g/mol. The lowest BCUT2D eigenvalue weighted by Crippen LogP contribution is -2.44. The highest BCUT2D eigenvalue weighted by Gasteiger charge is 2.46. The topological polar surface area (TPSA) is 102 Å². The number of hydrogen-bond acceptors (Lipinski definition) is 6. The Labute approximate surface area is 194 Å². The second-order valence-electron chi connectivity index (χ2n) is 9.97. The predicted molar refractivity (Wildman–Crippen MR) is 122 cm³/mol. The van der Waals surface area contributed by atoms with Crippen molar-refractivity contribution in [3.63, 3.8) is 0 Å². The molecule has 0 bridgehead atoms. The van der Waals surface area contributed by atoms with Gasteiger partial charge in [-0.05, 0) is 61.3 Å². The van der Waals surface area contributed by atoms with E-state index >= 15 is 0 Å². The highest BCUT2D eigenvalue weighted by atomic mass is 19.1. The van der Waals surface area contributed by atoms with Crippen molar-refractivity contribution in [2.45, 2.75) is 58.3 Å². The molecule has 176 valence electrons. The van der Waals surface area contributed by atoms with E-state index in [-0.39, 0.29) is 54.1 Å². The molecule has 1 fully saturated rings. The van der Waals surface area contributed by atoms with Gasteiger partial charge in [0.2, 0.25) is 0 Å². The summed E-state index contributed by atoms with van der Waals surface area (Å²) < 4.78 is 21.2. The number of hydrogen-bond donors (Lipinski definition) is 2. The third kappa shape index (κ3) is 2.78. The van der Waals surface area contributed by atoms with Gasteiger partial charge in [-0.15, -0.1) is 0 Å². The number of halogens is 1. The summed E-state index contributed by atoms with van der Waals surface area (Å²) in [5.74, 6) is -1.13. The summed E-state index contributed by atoms with van der Waals surface area (Å²) in [4.78, 5) is 30.6. The molecule has 0 radical (unpaired) electrons. The zero-order valence-corrected chi connectivity index (χ0v) is 19.1. The van der Waals surface area contributed by atoms with E-state index < -0.39 is 11.6 Å². The minimum Gasteiger partial charge on any atom is -0.458 e. The zero-order valence-electron chi connectivity index (χ0n) is 19.1. The summed E-state index contributed by atoms with van der Waals surface area (Å²) in [5.41, 5.74) is 1.96. The standard InChI is InChI=1S/C26H25FN2O5/c1-3-26(33)18-7-21-22-16(10-29(21)23(31)17(18)11-34-24(26)32)15(9-25(12-30)4-5-25)14-6-13(2)19(27)8-20(14)28-22/h6-8,30,33H,3-5,9-12H2,1-2H3/t26-/m0/s1. The highest BCUT2D eigenvalue weighted by Crippen LogP contribution is 2.50. The van der Waals surface area contributed by atoms with Crippen LogP contribution in [-0.2, 0) is 34.7 Å². The summed E-state index contributed by atoms with van der Waals surface area (Å²) in [6.45, 7) is 3.53. The molecular formula is C26H25FN2O5. The van der Waals surface area contributed by atoms with Gasteiger partial charge in [-0.2, -0.15) is 0 Å². The maximum Gasteiger partial charge on any atom is 0.343 e. The summed E-state index contributed by atoms with van der Waals surface area (Å²) in [7, 11) is 0. The fraction of sp³-hybridized carbons (Fsp3) is 0.423. The van der Waals surface area contributed by atoms with E-state index in [1.54, 1.807) is 30.5 Å². The molecule has 1 aromatic carbocycles. The van der Waals surface area contributed by atoms with Crippen molar-refractivity contribution in [1.82, 2.24) is 9.55 Å². The molecule has 0 amide bonds. The van der Waals surface area contributed by atoms with Crippen LogP contribution in [0.5, 0.6) is 0 Å². The molecule has 2 N–H and O–H groups in total. The third-order valence-electron chi connectivity index (χ3n) is 7.93. The van der Waals surface area contributed by atoms with Crippen molar-refractivity contribution >= 4 is 16.9 Å².